The average Bonchev–Trinajstić information content (AvgIpc) is 2.37. The molecular weight excluding hydrogens is 271 g/mol. The van der Waals surface area contributed by atoms with Gasteiger partial charge in [-0.15, -0.1) is 0 Å². The van der Waals surface area contributed by atoms with E-state index in [-0.39, 0.29) is 17.4 Å². The van der Waals surface area contributed by atoms with E-state index in [1.807, 2.05) is 39.0 Å². The summed E-state index contributed by atoms with van der Waals surface area (Å²) in [6, 6.07) is 9.27. The monoisotopic (exact) mass is 288 g/mol. The maximum Gasteiger partial charge on any atom is 0.292 e. The van der Waals surface area contributed by atoms with Crippen LogP contribution in [0.4, 0.5) is 15.8 Å². The molecule has 110 valence electrons. The molecule has 0 amide bonds. The third-order valence-corrected chi connectivity index (χ3v) is 3.42. The van der Waals surface area contributed by atoms with Gasteiger partial charge >= 0.3 is 0 Å². The zero-order chi connectivity index (χ0) is 15.6. The van der Waals surface area contributed by atoms with Crippen LogP contribution >= 0.6 is 0 Å². The number of anilines is 1. The van der Waals surface area contributed by atoms with Crippen LogP contribution in [0.3, 0.4) is 0 Å². The molecule has 0 heterocycles. The molecular formula is C16H17FN2O2. The zero-order valence-corrected chi connectivity index (χ0v) is 12.2. The Morgan fingerprint density at radius 3 is 2.52 bits per heavy atom. The van der Waals surface area contributed by atoms with Gasteiger partial charge in [0.2, 0.25) is 0 Å². The van der Waals surface area contributed by atoms with E-state index in [1.54, 1.807) is 0 Å². The Bertz CT molecular complexity index is 686. The van der Waals surface area contributed by atoms with Crippen molar-refractivity contribution >= 4 is 11.4 Å². The predicted octanol–water partition coefficient (Wildman–Crippen LogP) is 4.52. The lowest BCUT2D eigenvalue weighted by Crippen LogP contribution is -2.10. The molecule has 1 unspecified atom stereocenters. The predicted molar refractivity (Wildman–Crippen MR) is 81.0 cm³/mol. The van der Waals surface area contributed by atoms with Crippen LogP contribution in [0.2, 0.25) is 0 Å². The van der Waals surface area contributed by atoms with E-state index in [2.05, 4.69) is 5.32 Å². The number of rotatable bonds is 4. The maximum absolute atomic E-state index is 13.3. The summed E-state index contributed by atoms with van der Waals surface area (Å²) < 4.78 is 13.3. The van der Waals surface area contributed by atoms with Crippen LogP contribution < -0.4 is 5.32 Å². The molecule has 2 rings (SSSR count). The highest BCUT2D eigenvalue weighted by Crippen LogP contribution is 2.30. The molecule has 0 aliphatic carbocycles. The number of benzene rings is 2. The number of nitro groups is 1. The van der Waals surface area contributed by atoms with Gasteiger partial charge in [-0.2, -0.15) is 0 Å². The van der Waals surface area contributed by atoms with Gasteiger partial charge in [0.25, 0.3) is 5.69 Å². The molecule has 0 saturated carbocycles. The van der Waals surface area contributed by atoms with Gasteiger partial charge in [-0.3, -0.25) is 10.1 Å². The van der Waals surface area contributed by atoms with Crippen molar-refractivity contribution in [3.63, 3.8) is 0 Å². The quantitative estimate of drug-likeness (QED) is 0.664. The van der Waals surface area contributed by atoms with Gasteiger partial charge in [-0.25, -0.2) is 4.39 Å². The number of nitro benzene ring substituents is 1. The van der Waals surface area contributed by atoms with Gasteiger partial charge in [-0.05, 0) is 38.0 Å². The summed E-state index contributed by atoms with van der Waals surface area (Å²) in [5, 5.41) is 14.0. The van der Waals surface area contributed by atoms with Gasteiger partial charge in [0.1, 0.15) is 11.5 Å². The minimum Gasteiger partial charge on any atom is -0.373 e. The van der Waals surface area contributed by atoms with Gasteiger partial charge in [0.05, 0.1) is 4.92 Å². The first-order valence-electron chi connectivity index (χ1n) is 6.66. The van der Waals surface area contributed by atoms with Crippen LogP contribution in [0, 0.1) is 29.8 Å². The second-order valence-corrected chi connectivity index (χ2v) is 5.14. The molecule has 0 aromatic heterocycles. The van der Waals surface area contributed by atoms with Crippen LogP contribution in [-0.2, 0) is 0 Å². The maximum atomic E-state index is 13.3. The molecule has 0 aliphatic rings. The van der Waals surface area contributed by atoms with Gasteiger partial charge in [-0.1, -0.05) is 23.8 Å². The molecule has 1 atom stereocenters. The fraction of sp³-hybridized carbons (Fsp3) is 0.250. The van der Waals surface area contributed by atoms with E-state index in [0.717, 1.165) is 28.8 Å². The first-order valence-corrected chi connectivity index (χ1v) is 6.66. The normalized spacial score (nSPS) is 12.0. The van der Waals surface area contributed by atoms with E-state index < -0.39 is 10.7 Å². The topological polar surface area (TPSA) is 55.2 Å². The highest BCUT2D eigenvalue weighted by molar-refractivity contribution is 5.62. The third-order valence-electron chi connectivity index (χ3n) is 3.42. The fourth-order valence-electron chi connectivity index (χ4n) is 2.41. The Balaban J connectivity index is 2.33. The summed E-state index contributed by atoms with van der Waals surface area (Å²) in [5.41, 5.74) is 3.33. The Morgan fingerprint density at radius 1 is 1.19 bits per heavy atom. The molecule has 0 bridgehead atoms. The minimum absolute atomic E-state index is 0.131. The number of aryl methyl sites for hydroxylation is 2. The van der Waals surface area contributed by atoms with Crippen molar-refractivity contribution in [2.45, 2.75) is 26.8 Å². The molecule has 4 nitrogen and oxygen atoms in total. The minimum atomic E-state index is -0.517. The van der Waals surface area contributed by atoms with Crippen molar-refractivity contribution in [1.82, 2.24) is 0 Å². The molecule has 21 heavy (non-hydrogen) atoms. The van der Waals surface area contributed by atoms with Crippen molar-refractivity contribution in [3.8, 4) is 0 Å². The third kappa shape index (κ3) is 3.37. The smallest absolute Gasteiger partial charge is 0.292 e. The summed E-state index contributed by atoms with van der Waals surface area (Å²) in [7, 11) is 0. The molecule has 0 saturated heterocycles. The molecule has 0 aliphatic heterocycles. The standard InChI is InChI=1S/C16H17FN2O2/c1-10-4-6-14(11(2)8-10)12(3)18-15-9-13(17)5-7-16(15)19(20)21/h4-9,12,18H,1-3H3. The van der Waals surface area contributed by atoms with E-state index in [4.69, 9.17) is 0 Å². The van der Waals surface area contributed by atoms with Crippen LogP contribution in [0.25, 0.3) is 0 Å². The first-order chi connectivity index (χ1) is 9.88. The molecule has 5 heteroatoms. The fourth-order valence-corrected chi connectivity index (χ4v) is 2.41. The highest BCUT2D eigenvalue weighted by Gasteiger charge is 2.17. The number of nitrogens with one attached hydrogen (secondary N) is 1. The summed E-state index contributed by atoms with van der Waals surface area (Å²) in [4.78, 5) is 10.5. The van der Waals surface area contributed by atoms with Crippen LogP contribution in [0.1, 0.15) is 29.7 Å². The molecule has 0 radical (unpaired) electrons. The summed E-state index contributed by atoms with van der Waals surface area (Å²) in [6.45, 7) is 5.89. The van der Waals surface area contributed by atoms with Gasteiger partial charge in [0, 0.05) is 18.2 Å². The van der Waals surface area contributed by atoms with Gasteiger partial charge in [0.15, 0.2) is 0 Å². The van der Waals surface area contributed by atoms with Crippen LogP contribution in [0.5, 0.6) is 0 Å². The van der Waals surface area contributed by atoms with Crippen LogP contribution in [0.15, 0.2) is 36.4 Å². The van der Waals surface area contributed by atoms with Gasteiger partial charge < -0.3 is 5.32 Å². The average molecular weight is 288 g/mol. The number of halogens is 1. The second kappa shape index (κ2) is 5.91. The summed E-state index contributed by atoms with van der Waals surface area (Å²) in [5.74, 6) is -0.504. The van der Waals surface area contributed by atoms with E-state index in [1.165, 1.54) is 6.07 Å². The largest absolute Gasteiger partial charge is 0.373 e. The Morgan fingerprint density at radius 2 is 1.90 bits per heavy atom. The Labute approximate surface area is 122 Å². The van der Waals surface area contributed by atoms with E-state index in [9.17, 15) is 14.5 Å². The van der Waals surface area contributed by atoms with Crippen molar-refractivity contribution in [2.24, 2.45) is 0 Å². The molecule has 2 aromatic carbocycles. The van der Waals surface area contributed by atoms with E-state index >= 15 is 0 Å². The number of hydrogen-bond acceptors (Lipinski definition) is 3. The van der Waals surface area contributed by atoms with Crippen molar-refractivity contribution in [3.05, 3.63) is 69.0 Å². The van der Waals surface area contributed by atoms with Crippen molar-refractivity contribution < 1.29 is 9.31 Å². The molecule has 0 fully saturated rings. The van der Waals surface area contributed by atoms with E-state index in [0.29, 0.717) is 0 Å². The zero-order valence-electron chi connectivity index (χ0n) is 12.2. The lowest BCUT2D eigenvalue weighted by Gasteiger charge is -2.18. The molecule has 0 spiro atoms. The molecule has 2 aromatic rings. The summed E-state index contributed by atoms with van der Waals surface area (Å²) in [6.07, 6.45) is 0. The number of nitrogens with zero attached hydrogens (tertiary/aromatic N) is 1. The first kappa shape index (κ1) is 15.0. The molecule has 1 N–H and O–H groups in total. The number of hydrogen-bond donors (Lipinski definition) is 1. The lowest BCUT2D eigenvalue weighted by atomic mass is 10.00. The highest BCUT2D eigenvalue weighted by atomic mass is 19.1. The van der Waals surface area contributed by atoms with Crippen molar-refractivity contribution in [2.75, 3.05) is 5.32 Å². The second-order valence-electron chi connectivity index (χ2n) is 5.14. The SMILES string of the molecule is Cc1ccc(C(C)Nc2cc(F)ccc2[N+](=O)[O-])c(C)c1. The lowest BCUT2D eigenvalue weighted by molar-refractivity contribution is -0.384. The summed E-state index contributed by atoms with van der Waals surface area (Å²) >= 11 is 0. The Hall–Kier alpha value is -2.43. The van der Waals surface area contributed by atoms with Crippen molar-refractivity contribution in [1.29, 1.82) is 0 Å². The van der Waals surface area contributed by atoms with Crippen LogP contribution in [-0.4, -0.2) is 4.92 Å². The Kier molecular flexibility index (Phi) is 4.21.